The summed E-state index contributed by atoms with van der Waals surface area (Å²) >= 11 is 0. The summed E-state index contributed by atoms with van der Waals surface area (Å²) in [7, 11) is 0. The summed E-state index contributed by atoms with van der Waals surface area (Å²) in [6, 6.07) is 0. The van der Waals surface area contributed by atoms with Gasteiger partial charge in [-0.15, -0.1) is 0 Å². The van der Waals surface area contributed by atoms with E-state index in [0.29, 0.717) is 41.9 Å². The van der Waals surface area contributed by atoms with Crippen LogP contribution in [-0.2, 0) is 4.79 Å². The van der Waals surface area contributed by atoms with Crippen LogP contribution in [0.1, 0.15) is 85.0 Å². The number of hydrogen-bond acceptors (Lipinski definition) is 4. The molecule has 0 bridgehead atoms. The maximum absolute atomic E-state index is 11.2. The number of hydrogen-bond donors (Lipinski definition) is 2. The molecule has 0 spiro atoms. The number of carboxylic acid groups (broad SMARTS) is 1. The molecule has 0 radical (unpaired) electrons. The molecule has 5 heteroatoms. The minimum absolute atomic E-state index is 0. The molecule has 4 fully saturated rings. The van der Waals surface area contributed by atoms with Gasteiger partial charge in [0.05, 0.1) is 12.2 Å². The molecule has 4 rings (SSSR count). The van der Waals surface area contributed by atoms with E-state index in [9.17, 15) is 20.1 Å². The van der Waals surface area contributed by atoms with Gasteiger partial charge in [-0.3, -0.25) is 0 Å². The molecule has 10 atom stereocenters. The van der Waals surface area contributed by atoms with Crippen LogP contribution in [0.3, 0.4) is 0 Å². The number of aliphatic hydroxyl groups excluding tert-OH is 2. The first kappa shape index (κ1) is 23.6. The van der Waals surface area contributed by atoms with Crippen LogP contribution in [0.15, 0.2) is 0 Å². The van der Waals surface area contributed by atoms with Crippen molar-refractivity contribution in [2.24, 2.45) is 46.3 Å². The Kier molecular flexibility index (Phi) is 6.93. The van der Waals surface area contributed by atoms with Gasteiger partial charge in [0.25, 0.3) is 0 Å². The van der Waals surface area contributed by atoms with Crippen molar-refractivity contribution >= 4 is 5.97 Å². The fourth-order valence-electron chi connectivity index (χ4n) is 8.72. The van der Waals surface area contributed by atoms with Crippen LogP contribution in [0, 0.1) is 46.3 Å². The summed E-state index contributed by atoms with van der Waals surface area (Å²) in [5, 5.41) is 32.4. The molecular weight excluding hydrogens is 359 g/mol. The quantitative estimate of drug-likeness (QED) is 0.661. The SMILES string of the molecule is C[C@H](CCC(=O)[O-])[C@H]1CC[C@H]2[C@@H]3[C@@H](O)CC4C[C@H](O)CC[C@]4(C)[C@H]3CC[C@]12C.[Li+]. The Morgan fingerprint density at radius 3 is 2.38 bits per heavy atom. The third kappa shape index (κ3) is 3.86. The first-order valence-corrected chi connectivity index (χ1v) is 11.7. The topological polar surface area (TPSA) is 80.6 Å². The third-order valence-electron chi connectivity index (χ3n) is 10.2. The molecule has 0 aromatic rings. The normalized spacial score (nSPS) is 49.9. The minimum atomic E-state index is -0.934. The molecule has 0 aliphatic heterocycles. The molecule has 29 heavy (non-hydrogen) atoms. The largest absolute Gasteiger partial charge is 1.00 e. The molecule has 4 saturated carbocycles. The smallest absolute Gasteiger partial charge is 0.550 e. The summed E-state index contributed by atoms with van der Waals surface area (Å²) in [6.07, 6.45) is 8.91. The van der Waals surface area contributed by atoms with Crippen molar-refractivity contribution in [2.45, 2.75) is 97.2 Å². The van der Waals surface area contributed by atoms with Crippen LogP contribution in [0.4, 0.5) is 0 Å². The first-order chi connectivity index (χ1) is 13.2. The fraction of sp³-hybridized carbons (Fsp3) is 0.958. The zero-order valence-electron chi connectivity index (χ0n) is 18.9. The second-order valence-corrected chi connectivity index (χ2v) is 11.3. The predicted octanol–water partition coefficient (Wildman–Crippen LogP) is 0.147. The zero-order chi connectivity index (χ0) is 20.3. The molecule has 160 valence electrons. The van der Waals surface area contributed by atoms with Gasteiger partial charge in [0.2, 0.25) is 0 Å². The molecule has 0 aromatic carbocycles. The van der Waals surface area contributed by atoms with Crippen LogP contribution in [-0.4, -0.2) is 28.4 Å². The average Bonchev–Trinajstić information content (AvgIpc) is 2.98. The second kappa shape index (κ2) is 8.49. The number of aliphatic carboxylic acids is 1. The first-order valence-electron chi connectivity index (χ1n) is 11.7. The number of carboxylic acids is 1. The van der Waals surface area contributed by atoms with Crippen molar-refractivity contribution in [3.8, 4) is 0 Å². The van der Waals surface area contributed by atoms with E-state index in [2.05, 4.69) is 20.8 Å². The van der Waals surface area contributed by atoms with Gasteiger partial charge in [-0.05, 0) is 111 Å². The van der Waals surface area contributed by atoms with Crippen molar-refractivity contribution in [3.05, 3.63) is 0 Å². The number of aliphatic hydroxyl groups is 2. The Hall–Kier alpha value is -0.0126. The molecule has 0 saturated heterocycles. The molecule has 4 aliphatic carbocycles. The second-order valence-electron chi connectivity index (χ2n) is 11.3. The molecule has 0 heterocycles. The van der Waals surface area contributed by atoms with E-state index in [0.717, 1.165) is 25.7 Å². The third-order valence-corrected chi connectivity index (χ3v) is 10.2. The summed E-state index contributed by atoms with van der Waals surface area (Å²) in [5.41, 5.74) is 0.494. The Balaban J connectivity index is 0.00000240. The fourth-order valence-corrected chi connectivity index (χ4v) is 8.72. The van der Waals surface area contributed by atoms with Gasteiger partial charge in [0.15, 0.2) is 0 Å². The van der Waals surface area contributed by atoms with E-state index in [1.165, 1.54) is 25.7 Å². The van der Waals surface area contributed by atoms with Gasteiger partial charge in [0.1, 0.15) is 0 Å². The van der Waals surface area contributed by atoms with Gasteiger partial charge >= 0.3 is 18.9 Å². The zero-order valence-corrected chi connectivity index (χ0v) is 18.9. The van der Waals surface area contributed by atoms with Crippen molar-refractivity contribution in [1.29, 1.82) is 0 Å². The Labute approximate surface area is 188 Å². The number of fused-ring (bicyclic) bond motifs is 5. The maximum atomic E-state index is 11.2. The summed E-state index contributed by atoms with van der Waals surface area (Å²) in [6.45, 7) is 7.11. The van der Waals surface area contributed by atoms with E-state index in [4.69, 9.17) is 0 Å². The van der Waals surface area contributed by atoms with E-state index in [1.54, 1.807) is 0 Å². The molecular formula is C24H39LiO4. The van der Waals surface area contributed by atoms with E-state index < -0.39 is 5.97 Å². The van der Waals surface area contributed by atoms with Gasteiger partial charge in [-0.2, -0.15) is 0 Å². The summed E-state index contributed by atoms with van der Waals surface area (Å²) in [4.78, 5) is 10.9. The maximum Gasteiger partial charge on any atom is 1.00 e. The Morgan fingerprint density at radius 1 is 1.03 bits per heavy atom. The van der Waals surface area contributed by atoms with Crippen molar-refractivity contribution in [2.75, 3.05) is 0 Å². The molecule has 2 N–H and O–H groups in total. The Morgan fingerprint density at radius 2 is 1.69 bits per heavy atom. The monoisotopic (exact) mass is 398 g/mol. The molecule has 0 amide bonds. The molecule has 0 aromatic heterocycles. The average molecular weight is 399 g/mol. The number of carbonyl (C=O) groups excluding carboxylic acids is 1. The van der Waals surface area contributed by atoms with Gasteiger partial charge in [-0.1, -0.05) is 20.8 Å². The minimum Gasteiger partial charge on any atom is -0.550 e. The molecule has 4 nitrogen and oxygen atoms in total. The standard InChI is InChI=1S/C24H40O4.Li/c1-14(4-7-21(27)28)17-5-6-18-22-19(9-11-24(17,18)3)23(2)10-8-16(25)12-15(23)13-20(22)26;/h14-20,22,25-26H,4-13H2,1-3H3,(H,27,28);/q;+1/p-1/t14-,15?,16-,17-,18+,19+,20+,22+,23+,24-;/m1./s1. The van der Waals surface area contributed by atoms with Crippen molar-refractivity contribution in [1.82, 2.24) is 0 Å². The molecule has 4 aliphatic rings. The summed E-state index contributed by atoms with van der Waals surface area (Å²) < 4.78 is 0. The van der Waals surface area contributed by atoms with Crippen LogP contribution >= 0.6 is 0 Å². The molecule has 1 unspecified atom stereocenters. The van der Waals surface area contributed by atoms with Crippen LogP contribution < -0.4 is 24.0 Å². The van der Waals surface area contributed by atoms with Crippen LogP contribution in [0.2, 0.25) is 0 Å². The van der Waals surface area contributed by atoms with Crippen molar-refractivity contribution in [3.63, 3.8) is 0 Å². The van der Waals surface area contributed by atoms with E-state index in [1.807, 2.05) is 0 Å². The number of rotatable bonds is 4. The van der Waals surface area contributed by atoms with E-state index >= 15 is 0 Å². The number of carbonyl (C=O) groups is 1. The van der Waals surface area contributed by atoms with Crippen molar-refractivity contribution < 1.29 is 39.0 Å². The van der Waals surface area contributed by atoms with Crippen LogP contribution in [0.5, 0.6) is 0 Å². The van der Waals surface area contributed by atoms with E-state index in [-0.39, 0.29) is 48.3 Å². The van der Waals surface area contributed by atoms with Gasteiger partial charge < -0.3 is 20.1 Å². The Bertz CT molecular complexity index is 612. The summed E-state index contributed by atoms with van der Waals surface area (Å²) in [5.74, 6) is 1.99. The van der Waals surface area contributed by atoms with Crippen LogP contribution in [0.25, 0.3) is 0 Å². The van der Waals surface area contributed by atoms with Gasteiger partial charge in [-0.25, -0.2) is 0 Å². The predicted molar refractivity (Wildman–Crippen MR) is 106 cm³/mol. The van der Waals surface area contributed by atoms with Gasteiger partial charge in [0, 0.05) is 5.97 Å².